The predicted octanol–water partition coefficient (Wildman–Crippen LogP) is 6.26. The molecule has 3 rings (SSSR count). The number of carbonyl (C=O) groups is 1. The molecule has 0 bridgehead atoms. The van der Waals surface area contributed by atoms with Crippen LogP contribution in [-0.4, -0.2) is 12.5 Å². The lowest BCUT2D eigenvalue weighted by Gasteiger charge is -2.13. The lowest BCUT2D eigenvalue weighted by Crippen LogP contribution is -2.23. The van der Waals surface area contributed by atoms with Crippen molar-refractivity contribution in [3.8, 4) is 17.6 Å². The Hall–Kier alpha value is -2.98. The smallest absolute Gasteiger partial charge is 0.262 e. The number of rotatable bonds is 9. The molecule has 1 N–H and O–H groups in total. The summed E-state index contributed by atoms with van der Waals surface area (Å²) in [6.45, 7) is 2.90. The summed E-state index contributed by atoms with van der Waals surface area (Å²) < 4.78 is 11.6. The standard InChI is InChI=1S/C24H20Cl2N2O3S/c1-2-30-23-11-16(10-18(13-27)24(29)28-14-20-4-3-9-32-20)5-8-22(23)31-15-17-6-7-19(25)12-21(17)26/h3-12H,2,14-15H2,1H3,(H,28,29)/b18-10+. The molecule has 1 amide bonds. The molecule has 1 aromatic heterocycles. The Morgan fingerprint density at radius 2 is 2.00 bits per heavy atom. The molecule has 3 aromatic rings. The maximum Gasteiger partial charge on any atom is 0.262 e. The summed E-state index contributed by atoms with van der Waals surface area (Å²) in [5.41, 5.74) is 1.44. The third-order valence-electron chi connectivity index (χ3n) is 4.35. The van der Waals surface area contributed by atoms with Crippen LogP contribution in [-0.2, 0) is 17.9 Å². The zero-order chi connectivity index (χ0) is 22.9. The monoisotopic (exact) mass is 486 g/mol. The third-order valence-corrected chi connectivity index (χ3v) is 5.81. The normalized spacial score (nSPS) is 11.0. The molecule has 164 valence electrons. The van der Waals surface area contributed by atoms with Gasteiger partial charge in [-0.2, -0.15) is 5.26 Å². The van der Waals surface area contributed by atoms with Gasteiger partial charge in [0.05, 0.1) is 13.2 Å². The van der Waals surface area contributed by atoms with Gasteiger partial charge in [-0.05, 0) is 54.3 Å². The molecule has 0 aliphatic rings. The number of amides is 1. The van der Waals surface area contributed by atoms with Crippen molar-refractivity contribution in [2.45, 2.75) is 20.1 Å². The fourth-order valence-electron chi connectivity index (χ4n) is 2.79. The minimum absolute atomic E-state index is 0.00520. The van der Waals surface area contributed by atoms with Crippen LogP contribution in [0.1, 0.15) is 22.9 Å². The third kappa shape index (κ3) is 6.51. The topological polar surface area (TPSA) is 71.3 Å². The molecule has 0 aliphatic carbocycles. The highest BCUT2D eigenvalue weighted by Crippen LogP contribution is 2.31. The molecule has 8 heteroatoms. The molecule has 5 nitrogen and oxygen atoms in total. The van der Waals surface area contributed by atoms with E-state index in [0.29, 0.717) is 40.3 Å². The van der Waals surface area contributed by atoms with Gasteiger partial charge in [0.1, 0.15) is 18.2 Å². The van der Waals surface area contributed by atoms with E-state index in [1.165, 1.54) is 17.4 Å². The number of hydrogen-bond donors (Lipinski definition) is 1. The molecule has 0 fully saturated rings. The fourth-order valence-corrected chi connectivity index (χ4v) is 3.89. The number of halogens is 2. The summed E-state index contributed by atoms with van der Waals surface area (Å²) >= 11 is 13.7. The first-order valence-corrected chi connectivity index (χ1v) is 11.4. The van der Waals surface area contributed by atoms with Gasteiger partial charge in [0.25, 0.3) is 5.91 Å². The number of carbonyl (C=O) groups excluding carboxylic acids is 1. The van der Waals surface area contributed by atoms with Gasteiger partial charge in [0.2, 0.25) is 0 Å². The minimum Gasteiger partial charge on any atom is -0.490 e. The van der Waals surface area contributed by atoms with Crippen molar-refractivity contribution in [1.29, 1.82) is 5.26 Å². The van der Waals surface area contributed by atoms with E-state index in [1.807, 2.05) is 30.5 Å². The minimum atomic E-state index is -0.434. The second-order valence-electron chi connectivity index (χ2n) is 6.60. The predicted molar refractivity (Wildman–Crippen MR) is 128 cm³/mol. The van der Waals surface area contributed by atoms with Crippen molar-refractivity contribution in [3.05, 3.63) is 85.5 Å². The second kappa shape index (κ2) is 11.6. The van der Waals surface area contributed by atoms with E-state index in [-0.39, 0.29) is 12.2 Å². The van der Waals surface area contributed by atoms with Crippen molar-refractivity contribution in [2.24, 2.45) is 0 Å². The number of thiophene rings is 1. The van der Waals surface area contributed by atoms with Gasteiger partial charge in [-0.1, -0.05) is 41.4 Å². The highest BCUT2D eigenvalue weighted by Gasteiger charge is 2.12. The molecule has 0 spiro atoms. The average Bonchev–Trinajstić information content (AvgIpc) is 3.30. The SMILES string of the molecule is CCOc1cc(/C=C(\C#N)C(=O)NCc2cccs2)ccc1OCc1ccc(Cl)cc1Cl. The summed E-state index contributed by atoms with van der Waals surface area (Å²) in [5.74, 6) is 0.592. The molecular formula is C24H20Cl2N2O3S. The van der Waals surface area contributed by atoms with E-state index in [9.17, 15) is 10.1 Å². The molecule has 2 aromatic carbocycles. The van der Waals surface area contributed by atoms with Gasteiger partial charge in [-0.15, -0.1) is 11.3 Å². The first kappa shape index (κ1) is 23.7. The largest absolute Gasteiger partial charge is 0.490 e. The van der Waals surface area contributed by atoms with E-state index < -0.39 is 5.91 Å². The molecule has 0 saturated heterocycles. The van der Waals surface area contributed by atoms with Crippen molar-refractivity contribution >= 4 is 46.5 Å². The molecular weight excluding hydrogens is 467 g/mol. The number of nitrogens with zero attached hydrogens (tertiary/aromatic N) is 1. The van der Waals surface area contributed by atoms with Crippen LogP contribution in [0.5, 0.6) is 11.5 Å². The Morgan fingerprint density at radius 1 is 1.16 bits per heavy atom. The number of ether oxygens (including phenoxy) is 2. The summed E-state index contributed by atoms with van der Waals surface area (Å²) in [6, 6.07) is 16.2. The van der Waals surface area contributed by atoms with E-state index in [4.69, 9.17) is 32.7 Å². The molecule has 0 atom stereocenters. The zero-order valence-electron chi connectivity index (χ0n) is 17.2. The van der Waals surface area contributed by atoms with Crippen molar-refractivity contribution < 1.29 is 14.3 Å². The van der Waals surface area contributed by atoms with Gasteiger partial charge < -0.3 is 14.8 Å². The van der Waals surface area contributed by atoms with Gasteiger partial charge in [-0.3, -0.25) is 4.79 Å². The summed E-state index contributed by atoms with van der Waals surface area (Å²) in [7, 11) is 0. The molecule has 1 heterocycles. The number of nitrogens with one attached hydrogen (secondary N) is 1. The van der Waals surface area contributed by atoms with Crippen LogP contribution in [0.4, 0.5) is 0 Å². The highest BCUT2D eigenvalue weighted by atomic mass is 35.5. The van der Waals surface area contributed by atoms with E-state index >= 15 is 0 Å². The number of hydrogen-bond acceptors (Lipinski definition) is 5. The van der Waals surface area contributed by atoms with Crippen molar-refractivity contribution in [2.75, 3.05) is 6.61 Å². The molecule has 0 radical (unpaired) electrons. The molecule has 0 unspecified atom stereocenters. The van der Waals surface area contributed by atoms with Crippen LogP contribution in [0.25, 0.3) is 6.08 Å². The second-order valence-corrected chi connectivity index (χ2v) is 8.47. The van der Waals surface area contributed by atoms with Gasteiger partial charge in [-0.25, -0.2) is 0 Å². The molecule has 0 aliphatic heterocycles. The van der Waals surface area contributed by atoms with Gasteiger partial charge in [0, 0.05) is 20.5 Å². The maximum absolute atomic E-state index is 12.4. The van der Waals surface area contributed by atoms with Crippen LogP contribution >= 0.6 is 34.5 Å². The Bertz CT molecular complexity index is 1150. The van der Waals surface area contributed by atoms with Crippen LogP contribution in [0.15, 0.2) is 59.5 Å². The van der Waals surface area contributed by atoms with Gasteiger partial charge >= 0.3 is 0 Å². The lowest BCUT2D eigenvalue weighted by molar-refractivity contribution is -0.117. The molecule has 0 saturated carbocycles. The Morgan fingerprint density at radius 3 is 2.69 bits per heavy atom. The van der Waals surface area contributed by atoms with Crippen LogP contribution < -0.4 is 14.8 Å². The number of benzene rings is 2. The van der Waals surface area contributed by atoms with Crippen LogP contribution in [0.2, 0.25) is 10.0 Å². The van der Waals surface area contributed by atoms with Crippen molar-refractivity contribution in [1.82, 2.24) is 5.32 Å². The first-order chi connectivity index (χ1) is 15.5. The maximum atomic E-state index is 12.4. The Labute approximate surface area is 200 Å². The Balaban J connectivity index is 1.74. The first-order valence-electron chi connectivity index (χ1n) is 9.76. The van der Waals surface area contributed by atoms with E-state index in [1.54, 1.807) is 36.4 Å². The van der Waals surface area contributed by atoms with Crippen LogP contribution in [0, 0.1) is 11.3 Å². The summed E-state index contributed by atoms with van der Waals surface area (Å²) in [4.78, 5) is 13.4. The number of nitriles is 1. The molecule has 32 heavy (non-hydrogen) atoms. The van der Waals surface area contributed by atoms with E-state index in [0.717, 1.165) is 10.4 Å². The summed E-state index contributed by atoms with van der Waals surface area (Å²) in [6.07, 6.45) is 1.52. The fraction of sp³-hybridized carbons (Fsp3) is 0.167. The van der Waals surface area contributed by atoms with E-state index in [2.05, 4.69) is 5.32 Å². The highest BCUT2D eigenvalue weighted by molar-refractivity contribution is 7.09. The zero-order valence-corrected chi connectivity index (χ0v) is 19.6. The quantitative estimate of drug-likeness (QED) is 0.286. The van der Waals surface area contributed by atoms with Gasteiger partial charge in [0.15, 0.2) is 11.5 Å². The average molecular weight is 487 g/mol. The lowest BCUT2D eigenvalue weighted by atomic mass is 10.1. The van der Waals surface area contributed by atoms with Crippen LogP contribution in [0.3, 0.4) is 0 Å². The summed E-state index contributed by atoms with van der Waals surface area (Å²) in [5, 5.41) is 15.2. The van der Waals surface area contributed by atoms with Crippen molar-refractivity contribution in [3.63, 3.8) is 0 Å². The Kier molecular flexibility index (Phi) is 8.57.